The molecule has 0 spiro atoms. The van der Waals surface area contributed by atoms with Crippen LogP contribution in [0, 0.1) is 29.1 Å². The van der Waals surface area contributed by atoms with E-state index in [2.05, 4.69) is 32.3 Å². The van der Waals surface area contributed by atoms with Crippen molar-refractivity contribution < 1.29 is 38.1 Å². The molecule has 4 fully saturated rings. The van der Waals surface area contributed by atoms with Gasteiger partial charge in [-0.2, -0.15) is 0 Å². The minimum absolute atomic E-state index is 0.0743. The molecule has 10 nitrogen and oxygen atoms in total. The van der Waals surface area contributed by atoms with Gasteiger partial charge in [0, 0.05) is 30.3 Å². The van der Waals surface area contributed by atoms with Crippen molar-refractivity contribution in [1.29, 1.82) is 0 Å². The number of fused-ring (bicyclic) bond motifs is 2. The normalized spacial score (nSPS) is 33.5. The van der Waals surface area contributed by atoms with Gasteiger partial charge in [0.05, 0.1) is 26.4 Å². The largest absolute Gasteiger partial charge is 0.462 e. The first kappa shape index (κ1) is 32.9. The van der Waals surface area contributed by atoms with Crippen molar-refractivity contribution in [2.45, 2.75) is 96.1 Å². The molecule has 4 rings (SSSR count). The van der Waals surface area contributed by atoms with E-state index in [0.717, 1.165) is 64.2 Å². The molecule has 3 unspecified atom stereocenters. The summed E-state index contributed by atoms with van der Waals surface area (Å²) in [4.78, 5) is 50.5. The van der Waals surface area contributed by atoms with Gasteiger partial charge in [-0.25, -0.2) is 19.2 Å². The molecular weight excluding hydrogens is 552 g/mol. The van der Waals surface area contributed by atoms with Crippen molar-refractivity contribution in [3.63, 3.8) is 0 Å². The van der Waals surface area contributed by atoms with Crippen LogP contribution in [-0.2, 0) is 28.5 Å². The van der Waals surface area contributed by atoms with Crippen LogP contribution in [0.5, 0.6) is 0 Å². The van der Waals surface area contributed by atoms with Crippen LogP contribution < -0.4 is 5.32 Å². The van der Waals surface area contributed by atoms with Gasteiger partial charge >= 0.3 is 24.1 Å². The monoisotopic (exact) mass is 602 g/mol. The molecule has 0 radical (unpaired) electrons. The van der Waals surface area contributed by atoms with E-state index in [0.29, 0.717) is 63.1 Å². The third-order valence-corrected chi connectivity index (χ3v) is 10.0. The van der Waals surface area contributed by atoms with E-state index in [1.54, 1.807) is 0 Å². The Morgan fingerprint density at radius 2 is 1.16 bits per heavy atom. The fourth-order valence-electron chi connectivity index (χ4n) is 7.86. The second-order valence-electron chi connectivity index (χ2n) is 13.9. The maximum absolute atomic E-state index is 13.3. The average molecular weight is 603 g/mol. The summed E-state index contributed by atoms with van der Waals surface area (Å²) in [6.45, 7) is 13.4. The second-order valence-corrected chi connectivity index (χ2v) is 13.9. The summed E-state index contributed by atoms with van der Waals surface area (Å²) in [6.07, 6.45) is 11.6. The Hall–Kier alpha value is -3.04. The van der Waals surface area contributed by atoms with Crippen molar-refractivity contribution in [3.8, 4) is 0 Å². The molecule has 10 heteroatoms. The Kier molecular flexibility index (Phi) is 11.2. The van der Waals surface area contributed by atoms with Crippen LogP contribution in [0.4, 0.5) is 9.59 Å². The number of alkyl carbamates (subject to hydrolysis) is 1. The number of amides is 2. The maximum Gasteiger partial charge on any atom is 0.410 e. The third-order valence-electron chi connectivity index (χ3n) is 10.0. The summed E-state index contributed by atoms with van der Waals surface area (Å²) in [6, 6.07) is -0.0743. The molecule has 0 aromatic rings. The first-order valence-electron chi connectivity index (χ1n) is 16.0. The molecule has 0 aromatic heterocycles. The van der Waals surface area contributed by atoms with Crippen LogP contribution in [-0.4, -0.2) is 73.6 Å². The SMILES string of the molecule is C=CC(=O)OCC1CCC(COC(=O)NC2CC3(C)CN(C(=O)OCC4CCC(COC(=O)C=C)CC4)C(C)(C2)C3)CC1. The smallest absolute Gasteiger partial charge is 0.410 e. The highest BCUT2D eigenvalue weighted by molar-refractivity contribution is 5.81. The quantitative estimate of drug-likeness (QED) is 0.186. The molecule has 0 aromatic carbocycles. The summed E-state index contributed by atoms with van der Waals surface area (Å²) in [7, 11) is 0. The summed E-state index contributed by atoms with van der Waals surface area (Å²) < 4.78 is 21.8. The van der Waals surface area contributed by atoms with E-state index in [-0.39, 0.29) is 35.0 Å². The van der Waals surface area contributed by atoms with Crippen molar-refractivity contribution >= 4 is 24.1 Å². The first-order valence-corrected chi connectivity index (χ1v) is 16.0. The summed E-state index contributed by atoms with van der Waals surface area (Å²) in [5.41, 5.74) is -0.486. The molecular formula is C33H50N2O8. The van der Waals surface area contributed by atoms with E-state index < -0.39 is 6.09 Å². The molecule has 2 bridgehead atoms. The van der Waals surface area contributed by atoms with Gasteiger partial charge in [0.25, 0.3) is 0 Å². The van der Waals surface area contributed by atoms with E-state index in [1.165, 1.54) is 12.2 Å². The van der Waals surface area contributed by atoms with Crippen molar-refractivity contribution in [2.75, 3.05) is 33.0 Å². The lowest BCUT2D eigenvalue weighted by Crippen LogP contribution is -2.51. The van der Waals surface area contributed by atoms with Crippen molar-refractivity contribution in [2.24, 2.45) is 29.1 Å². The molecule has 240 valence electrons. The van der Waals surface area contributed by atoms with E-state index in [1.807, 2.05) is 4.90 Å². The predicted octanol–water partition coefficient (Wildman–Crippen LogP) is 5.55. The number of carbonyl (C=O) groups is 4. The van der Waals surface area contributed by atoms with Gasteiger partial charge in [-0.05, 0) is 107 Å². The van der Waals surface area contributed by atoms with Crippen LogP contribution >= 0.6 is 0 Å². The maximum atomic E-state index is 13.3. The fraction of sp³-hybridized carbons (Fsp3) is 0.758. The third kappa shape index (κ3) is 9.22. The lowest BCUT2D eigenvalue weighted by Gasteiger charge is -2.41. The summed E-state index contributed by atoms with van der Waals surface area (Å²) >= 11 is 0. The highest BCUT2D eigenvalue weighted by Gasteiger charge is 2.56. The number of hydrogen-bond acceptors (Lipinski definition) is 8. The molecule has 1 aliphatic heterocycles. The topological polar surface area (TPSA) is 120 Å². The molecule has 1 saturated heterocycles. The van der Waals surface area contributed by atoms with Gasteiger partial charge < -0.3 is 29.2 Å². The lowest BCUT2D eigenvalue weighted by atomic mass is 9.70. The molecule has 3 saturated carbocycles. The van der Waals surface area contributed by atoms with Crippen molar-refractivity contribution in [3.05, 3.63) is 25.3 Å². The van der Waals surface area contributed by atoms with Gasteiger partial charge in [0.1, 0.15) is 0 Å². The number of ether oxygens (including phenoxy) is 4. The van der Waals surface area contributed by atoms with Gasteiger partial charge in [0.2, 0.25) is 0 Å². The molecule has 1 heterocycles. The Morgan fingerprint density at radius 1 is 0.721 bits per heavy atom. The summed E-state index contributed by atoms with van der Waals surface area (Å²) in [5, 5.41) is 3.08. The van der Waals surface area contributed by atoms with E-state index in [9.17, 15) is 19.2 Å². The fourth-order valence-corrected chi connectivity index (χ4v) is 7.86. The number of likely N-dealkylation sites (tertiary alicyclic amines) is 1. The van der Waals surface area contributed by atoms with Gasteiger partial charge in [-0.1, -0.05) is 20.1 Å². The molecule has 3 atom stereocenters. The Balaban J connectivity index is 1.16. The lowest BCUT2D eigenvalue weighted by molar-refractivity contribution is -0.140. The van der Waals surface area contributed by atoms with Gasteiger partial charge in [0.15, 0.2) is 0 Å². The molecule has 2 amide bonds. The van der Waals surface area contributed by atoms with Gasteiger partial charge in [-0.15, -0.1) is 0 Å². The number of nitrogens with zero attached hydrogens (tertiary/aromatic N) is 1. The number of esters is 2. The standard InChI is InChI=1S/C33H50N2O8/c1-5-28(36)40-17-23-7-11-25(12-8-23)19-42-30(38)34-27-15-32(3)21-33(4,16-27)35(22-32)31(39)43-20-26-13-9-24(10-14-26)18-41-29(37)6-2/h5-6,23-27H,1-2,7-22H2,3-4H3,(H,34,38). The Morgan fingerprint density at radius 3 is 1.63 bits per heavy atom. The molecule has 43 heavy (non-hydrogen) atoms. The van der Waals surface area contributed by atoms with Crippen LogP contribution in [0.3, 0.4) is 0 Å². The number of carbonyl (C=O) groups excluding carboxylic acids is 4. The van der Waals surface area contributed by atoms with Gasteiger partial charge in [-0.3, -0.25) is 0 Å². The number of hydrogen-bond donors (Lipinski definition) is 1. The zero-order chi connectivity index (χ0) is 31.0. The Bertz CT molecular complexity index is 1030. The molecule has 3 aliphatic carbocycles. The number of rotatable bonds is 11. The zero-order valence-corrected chi connectivity index (χ0v) is 26.0. The van der Waals surface area contributed by atoms with Crippen LogP contribution in [0.15, 0.2) is 25.3 Å². The first-order chi connectivity index (χ1) is 20.5. The van der Waals surface area contributed by atoms with E-state index >= 15 is 0 Å². The van der Waals surface area contributed by atoms with Crippen LogP contribution in [0.1, 0.15) is 84.5 Å². The summed E-state index contributed by atoms with van der Waals surface area (Å²) in [5.74, 6) is 0.544. The second kappa shape index (κ2) is 14.6. The zero-order valence-electron chi connectivity index (χ0n) is 26.0. The van der Waals surface area contributed by atoms with E-state index in [4.69, 9.17) is 18.9 Å². The van der Waals surface area contributed by atoms with Crippen molar-refractivity contribution in [1.82, 2.24) is 10.2 Å². The predicted molar refractivity (Wildman–Crippen MR) is 160 cm³/mol. The van der Waals surface area contributed by atoms with Crippen LogP contribution in [0.25, 0.3) is 0 Å². The van der Waals surface area contributed by atoms with Crippen LogP contribution in [0.2, 0.25) is 0 Å². The molecule has 4 aliphatic rings. The minimum atomic E-state index is -0.399. The average Bonchev–Trinajstić information content (AvgIpc) is 3.20. The minimum Gasteiger partial charge on any atom is -0.462 e. The Labute approximate surface area is 255 Å². The highest BCUT2D eigenvalue weighted by atomic mass is 16.6. The molecule has 1 N–H and O–H groups in total. The number of nitrogens with one attached hydrogen (secondary N) is 1. The highest BCUT2D eigenvalue weighted by Crippen LogP contribution is 2.51.